The summed E-state index contributed by atoms with van der Waals surface area (Å²) in [4.78, 5) is 6.43. The first kappa shape index (κ1) is 12.5. The van der Waals surface area contributed by atoms with E-state index >= 15 is 0 Å². The number of hydrogen-bond donors (Lipinski definition) is 1. The average molecular weight is 240 g/mol. The molecule has 0 amide bonds. The number of morpholine rings is 1. The summed E-state index contributed by atoms with van der Waals surface area (Å²) in [6.45, 7) is 6.21. The van der Waals surface area contributed by atoms with Gasteiger partial charge in [0.25, 0.3) is 0 Å². The molecule has 1 aromatic heterocycles. The highest BCUT2D eigenvalue weighted by Gasteiger charge is 2.16. The summed E-state index contributed by atoms with van der Waals surface area (Å²) >= 11 is 0. The fourth-order valence-electron chi connectivity index (χ4n) is 1.88. The van der Waals surface area contributed by atoms with Gasteiger partial charge in [0.2, 0.25) is 5.89 Å². The van der Waals surface area contributed by atoms with E-state index in [0.29, 0.717) is 12.4 Å². The fourth-order valence-corrected chi connectivity index (χ4v) is 1.88. The van der Waals surface area contributed by atoms with Gasteiger partial charge in [-0.3, -0.25) is 4.90 Å². The SMILES string of the molecule is CCc1noc(CN(C)CC2CNCCO2)n1. The second kappa shape index (κ2) is 6.09. The molecule has 1 N–H and O–H groups in total. The maximum absolute atomic E-state index is 5.64. The Bertz CT molecular complexity index is 336. The molecule has 2 rings (SSSR count). The van der Waals surface area contributed by atoms with Crippen molar-refractivity contribution in [3.8, 4) is 0 Å². The van der Waals surface area contributed by atoms with Gasteiger partial charge in [0.15, 0.2) is 5.82 Å². The van der Waals surface area contributed by atoms with Gasteiger partial charge in [0.1, 0.15) is 0 Å². The second-order valence-corrected chi connectivity index (χ2v) is 4.35. The first-order valence-corrected chi connectivity index (χ1v) is 6.10. The highest BCUT2D eigenvalue weighted by atomic mass is 16.5. The minimum Gasteiger partial charge on any atom is -0.374 e. The van der Waals surface area contributed by atoms with E-state index in [1.54, 1.807) is 0 Å². The monoisotopic (exact) mass is 240 g/mol. The zero-order valence-electron chi connectivity index (χ0n) is 10.5. The maximum atomic E-state index is 5.64. The number of nitrogens with one attached hydrogen (secondary N) is 1. The van der Waals surface area contributed by atoms with Crippen LogP contribution in [0, 0.1) is 0 Å². The van der Waals surface area contributed by atoms with Crippen molar-refractivity contribution in [1.29, 1.82) is 0 Å². The lowest BCUT2D eigenvalue weighted by Crippen LogP contribution is -2.44. The minimum atomic E-state index is 0.252. The van der Waals surface area contributed by atoms with Crippen LogP contribution >= 0.6 is 0 Å². The molecule has 1 unspecified atom stereocenters. The molecule has 17 heavy (non-hydrogen) atoms. The van der Waals surface area contributed by atoms with Crippen molar-refractivity contribution in [1.82, 2.24) is 20.4 Å². The Kier molecular flexibility index (Phi) is 4.47. The summed E-state index contributed by atoms with van der Waals surface area (Å²) < 4.78 is 10.8. The average Bonchev–Trinajstić information content (AvgIpc) is 2.78. The third-order valence-electron chi connectivity index (χ3n) is 2.75. The second-order valence-electron chi connectivity index (χ2n) is 4.35. The van der Waals surface area contributed by atoms with E-state index < -0.39 is 0 Å². The Morgan fingerprint density at radius 3 is 3.06 bits per heavy atom. The van der Waals surface area contributed by atoms with Crippen molar-refractivity contribution in [2.24, 2.45) is 0 Å². The van der Waals surface area contributed by atoms with Gasteiger partial charge >= 0.3 is 0 Å². The van der Waals surface area contributed by atoms with Crippen LogP contribution in [0.4, 0.5) is 0 Å². The van der Waals surface area contributed by atoms with Crippen LogP contribution in [-0.2, 0) is 17.7 Å². The smallest absolute Gasteiger partial charge is 0.240 e. The van der Waals surface area contributed by atoms with Gasteiger partial charge in [-0.05, 0) is 7.05 Å². The van der Waals surface area contributed by atoms with Crippen LogP contribution in [0.15, 0.2) is 4.52 Å². The predicted molar refractivity (Wildman–Crippen MR) is 62.6 cm³/mol. The molecule has 6 heteroatoms. The molecular formula is C11H20N4O2. The largest absolute Gasteiger partial charge is 0.374 e. The van der Waals surface area contributed by atoms with E-state index in [1.165, 1.54) is 0 Å². The lowest BCUT2D eigenvalue weighted by Gasteiger charge is -2.27. The van der Waals surface area contributed by atoms with E-state index in [-0.39, 0.29) is 6.10 Å². The number of hydrogen-bond acceptors (Lipinski definition) is 6. The van der Waals surface area contributed by atoms with Crippen LogP contribution in [0.3, 0.4) is 0 Å². The third-order valence-corrected chi connectivity index (χ3v) is 2.75. The molecule has 0 saturated carbocycles. The number of likely N-dealkylation sites (N-methyl/N-ethyl adjacent to an activating group) is 1. The zero-order chi connectivity index (χ0) is 12.1. The first-order valence-electron chi connectivity index (χ1n) is 6.10. The summed E-state index contributed by atoms with van der Waals surface area (Å²) in [6.07, 6.45) is 1.06. The maximum Gasteiger partial charge on any atom is 0.240 e. The van der Waals surface area contributed by atoms with E-state index in [1.807, 2.05) is 14.0 Å². The van der Waals surface area contributed by atoms with Crippen molar-refractivity contribution in [2.75, 3.05) is 33.3 Å². The van der Waals surface area contributed by atoms with Crippen molar-refractivity contribution in [2.45, 2.75) is 26.0 Å². The van der Waals surface area contributed by atoms with Gasteiger partial charge in [0, 0.05) is 26.1 Å². The number of ether oxygens (including phenoxy) is 1. The number of aryl methyl sites for hydroxylation is 1. The molecule has 2 heterocycles. The van der Waals surface area contributed by atoms with Gasteiger partial charge in [-0.15, -0.1) is 0 Å². The molecule has 6 nitrogen and oxygen atoms in total. The Morgan fingerprint density at radius 1 is 1.53 bits per heavy atom. The zero-order valence-corrected chi connectivity index (χ0v) is 10.5. The number of aromatic nitrogens is 2. The van der Waals surface area contributed by atoms with E-state index in [2.05, 4.69) is 20.4 Å². The topological polar surface area (TPSA) is 63.4 Å². The van der Waals surface area contributed by atoms with E-state index in [0.717, 1.165) is 38.5 Å². The van der Waals surface area contributed by atoms with Gasteiger partial charge in [-0.2, -0.15) is 4.98 Å². The fraction of sp³-hybridized carbons (Fsp3) is 0.818. The van der Waals surface area contributed by atoms with Crippen molar-refractivity contribution < 1.29 is 9.26 Å². The Labute approximate surface area is 101 Å². The molecule has 96 valence electrons. The van der Waals surface area contributed by atoms with Crippen LogP contribution in [0.25, 0.3) is 0 Å². The molecule has 1 aliphatic heterocycles. The molecular weight excluding hydrogens is 220 g/mol. The molecule has 0 aliphatic carbocycles. The molecule has 1 fully saturated rings. The van der Waals surface area contributed by atoms with Crippen LogP contribution in [0.2, 0.25) is 0 Å². The van der Waals surface area contributed by atoms with Gasteiger partial charge in [-0.25, -0.2) is 0 Å². The van der Waals surface area contributed by atoms with Crippen LogP contribution in [0.1, 0.15) is 18.6 Å². The molecule has 0 aromatic carbocycles. The highest BCUT2D eigenvalue weighted by molar-refractivity contribution is 4.85. The molecule has 0 bridgehead atoms. The standard InChI is InChI=1S/C11H20N4O2/c1-3-10-13-11(17-14-10)8-15(2)7-9-6-12-4-5-16-9/h9,12H,3-8H2,1-2H3. The molecule has 0 spiro atoms. The number of rotatable bonds is 5. The lowest BCUT2D eigenvalue weighted by molar-refractivity contribution is 0.00748. The molecule has 1 aliphatic rings. The van der Waals surface area contributed by atoms with Crippen molar-refractivity contribution >= 4 is 0 Å². The summed E-state index contributed by atoms with van der Waals surface area (Å²) in [5.41, 5.74) is 0. The van der Waals surface area contributed by atoms with Crippen LogP contribution in [0.5, 0.6) is 0 Å². The van der Waals surface area contributed by atoms with Gasteiger partial charge in [-0.1, -0.05) is 12.1 Å². The number of nitrogens with zero attached hydrogens (tertiary/aromatic N) is 3. The van der Waals surface area contributed by atoms with E-state index in [9.17, 15) is 0 Å². The molecule has 1 aromatic rings. The quantitative estimate of drug-likeness (QED) is 0.785. The van der Waals surface area contributed by atoms with Gasteiger partial charge < -0.3 is 14.6 Å². The minimum absolute atomic E-state index is 0.252. The normalized spacial score (nSPS) is 21.0. The van der Waals surface area contributed by atoms with E-state index in [4.69, 9.17) is 9.26 Å². The van der Waals surface area contributed by atoms with Crippen molar-refractivity contribution in [3.63, 3.8) is 0 Å². The summed E-state index contributed by atoms with van der Waals surface area (Å²) in [6, 6.07) is 0. The van der Waals surface area contributed by atoms with Crippen LogP contribution in [-0.4, -0.2) is 54.4 Å². The summed E-state index contributed by atoms with van der Waals surface area (Å²) in [7, 11) is 2.04. The molecule has 1 atom stereocenters. The summed E-state index contributed by atoms with van der Waals surface area (Å²) in [5, 5.41) is 7.19. The predicted octanol–water partition coefficient (Wildman–Crippen LogP) is 0.0522. The molecule has 1 saturated heterocycles. The Morgan fingerprint density at radius 2 is 2.41 bits per heavy atom. The third kappa shape index (κ3) is 3.76. The summed E-state index contributed by atoms with van der Waals surface area (Å²) in [5.74, 6) is 1.44. The Balaban J connectivity index is 1.77. The first-order chi connectivity index (χ1) is 8.28. The highest BCUT2D eigenvalue weighted by Crippen LogP contribution is 2.04. The van der Waals surface area contributed by atoms with Gasteiger partial charge in [0.05, 0.1) is 19.3 Å². The van der Waals surface area contributed by atoms with Crippen molar-refractivity contribution in [3.05, 3.63) is 11.7 Å². The Hall–Kier alpha value is -0.980. The van der Waals surface area contributed by atoms with Crippen LogP contribution < -0.4 is 5.32 Å². The molecule has 0 radical (unpaired) electrons. The lowest BCUT2D eigenvalue weighted by atomic mass is 10.3.